The second kappa shape index (κ2) is 6.44. The minimum atomic E-state index is -0.467. The maximum Gasteiger partial charge on any atom is 0.123 e. The first kappa shape index (κ1) is 15.6. The molecule has 2 atom stereocenters. The van der Waals surface area contributed by atoms with Gasteiger partial charge in [0, 0.05) is 12.8 Å². The molecule has 120 valence electrons. The molecule has 0 unspecified atom stereocenters. The van der Waals surface area contributed by atoms with E-state index in [1.807, 2.05) is 0 Å². The third-order valence-corrected chi connectivity index (χ3v) is 4.15. The van der Waals surface area contributed by atoms with Gasteiger partial charge in [0.15, 0.2) is 0 Å². The summed E-state index contributed by atoms with van der Waals surface area (Å²) in [5.74, 6) is -0.722. The van der Waals surface area contributed by atoms with E-state index in [1.54, 1.807) is 24.3 Å². The average molecular weight is 318 g/mol. The maximum atomic E-state index is 13.1. The molecule has 1 saturated heterocycles. The zero-order chi connectivity index (χ0) is 16.4. The lowest BCUT2D eigenvalue weighted by atomic mass is 9.88. The summed E-state index contributed by atoms with van der Waals surface area (Å²) in [6.07, 6.45) is 0.659. The van der Waals surface area contributed by atoms with Crippen molar-refractivity contribution in [3.8, 4) is 0 Å². The molecule has 1 aliphatic rings. The molecule has 1 heterocycles. The highest BCUT2D eigenvalue weighted by molar-refractivity contribution is 5.86. The predicted octanol–water partition coefficient (Wildman–Crippen LogP) is 4.06. The molecule has 23 heavy (non-hydrogen) atoms. The van der Waals surface area contributed by atoms with Crippen molar-refractivity contribution in [1.29, 1.82) is 0 Å². The standard InChI is InChI=1S/C17H16F2N2O2/c18-13-5-1-11(2-6-13)16-9-15(20-22)10-17(21(16)23)12-3-7-14(19)8-4-12/h1-8,16-17,22-23H,9-10H2/t16-,17-/m1/s1. The van der Waals surface area contributed by atoms with E-state index in [-0.39, 0.29) is 11.6 Å². The first-order valence-electron chi connectivity index (χ1n) is 7.26. The van der Waals surface area contributed by atoms with E-state index in [9.17, 15) is 14.0 Å². The largest absolute Gasteiger partial charge is 0.411 e. The smallest absolute Gasteiger partial charge is 0.123 e. The van der Waals surface area contributed by atoms with E-state index in [0.717, 1.165) is 5.06 Å². The van der Waals surface area contributed by atoms with Crippen LogP contribution in [0.1, 0.15) is 36.1 Å². The van der Waals surface area contributed by atoms with Gasteiger partial charge in [-0.3, -0.25) is 0 Å². The highest BCUT2D eigenvalue weighted by Gasteiger charge is 2.35. The number of nitrogens with zero attached hydrogens (tertiary/aromatic N) is 2. The molecule has 0 spiro atoms. The Morgan fingerprint density at radius 1 is 0.826 bits per heavy atom. The zero-order valence-corrected chi connectivity index (χ0v) is 12.2. The number of hydroxylamine groups is 2. The van der Waals surface area contributed by atoms with Crippen molar-refractivity contribution >= 4 is 5.71 Å². The topological polar surface area (TPSA) is 56.1 Å². The molecule has 1 fully saturated rings. The summed E-state index contributed by atoms with van der Waals surface area (Å²) in [6, 6.07) is 10.7. The van der Waals surface area contributed by atoms with Crippen molar-refractivity contribution in [2.75, 3.05) is 0 Å². The Morgan fingerprint density at radius 2 is 1.22 bits per heavy atom. The lowest BCUT2D eigenvalue weighted by Gasteiger charge is -2.38. The van der Waals surface area contributed by atoms with Crippen LogP contribution in [0.3, 0.4) is 0 Å². The molecular weight excluding hydrogens is 302 g/mol. The van der Waals surface area contributed by atoms with Crippen molar-refractivity contribution in [3.05, 3.63) is 71.3 Å². The summed E-state index contributed by atoms with van der Waals surface area (Å²) >= 11 is 0. The van der Waals surface area contributed by atoms with Gasteiger partial charge in [-0.25, -0.2) is 8.78 Å². The van der Waals surface area contributed by atoms with Crippen molar-refractivity contribution in [2.45, 2.75) is 24.9 Å². The minimum Gasteiger partial charge on any atom is -0.411 e. The molecule has 4 nitrogen and oxygen atoms in total. The minimum absolute atomic E-state index is 0.330. The van der Waals surface area contributed by atoms with E-state index >= 15 is 0 Å². The van der Waals surface area contributed by atoms with Crippen LogP contribution in [0.2, 0.25) is 0 Å². The molecule has 2 aromatic carbocycles. The van der Waals surface area contributed by atoms with Gasteiger partial charge in [0.2, 0.25) is 0 Å². The highest BCUT2D eigenvalue weighted by atomic mass is 19.1. The van der Waals surface area contributed by atoms with Crippen LogP contribution in [0.25, 0.3) is 0 Å². The summed E-state index contributed by atoms with van der Waals surface area (Å²) in [5, 5.41) is 24.2. The number of hydrogen-bond donors (Lipinski definition) is 2. The summed E-state index contributed by atoms with van der Waals surface area (Å²) in [7, 11) is 0. The van der Waals surface area contributed by atoms with Gasteiger partial charge in [-0.1, -0.05) is 29.4 Å². The third-order valence-electron chi connectivity index (χ3n) is 4.15. The lowest BCUT2D eigenvalue weighted by molar-refractivity contribution is -0.167. The Hall–Kier alpha value is -2.31. The van der Waals surface area contributed by atoms with Gasteiger partial charge in [0.05, 0.1) is 17.8 Å². The van der Waals surface area contributed by atoms with Gasteiger partial charge in [0.1, 0.15) is 11.6 Å². The van der Waals surface area contributed by atoms with Gasteiger partial charge < -0.3 is 10.4 Å². The van der Waals surface area contributed by atoms with Crippen LogP contribution in [-0.2, 0) is 0 Å². The zero-order valence-electron chi connectivity index (χ0n) is 12.2. The monoisotopic (exact) mass is 318 g/mol. The first-order chi connectivity index (χ1) is 11.1. The number of piperidine rings is 1. The number of hydrogen-bond acceptors (Lipinski definition) is 4. The van der Waals surface area contributed by atoms with Crippen molar-refractivity contribution in [1.82, 2.24) is 5.06 Å². The van der Waals surface area contributed by atoms with Crippen LogP contribution in [-0.4, -0.2) is 21.2 Å². The van der Waals surface area contributed by atoms with Crippen molar-refractivity contribution < 1.29 is 19.2 Å². The Labute approximate surface area is 132 Å². The number of oxime groups is 1. The number of halogens is 2. The van der Waals surface area contributed by atoms with E-state index in [2.05, 4.69) is 5.16 Å². The van der Waals surface area contributed by atoms with Crippen LogP contribution < -0.4 is 0 Å². The van der Waals surface area contributed by atoms with Crippen LogP contribution in [0.15, 0.2) is 53.7 Å². The van der Waals surface area contributed by atoms with Crippen LogP contribution in [0.4, 0.5) is 8.78 Å². The molecular formula is C17H16F2N2O2. The lowest BCUT2D eigenvalue weighted by Crippen LogP contribution is -2.37. The Bertz CT molecular complexity index is 644. The SMILES string of the molecule is ON=C1C[C@H](c2ccc(F)cc2)N(O)[C@@H](c2ccc(F)cc2)C1. The molecule has 6 heteroatoms. The molecule has 2 aromatic rings. The van der Waals surface area contributed by atoms with Crippen LogP contribution in [0.5, 0.6) is 0 Å². The molecule has 2 N–H and O–H groups in total. The summed E-state index contributed by atoms with van der Waals surface area (Å²) in [6.45, 7) is 0. The second-order valence-corrected chi connectivity index (χ2v) is 5.59. The summed E-state index contributed by atoms with van der Waals surface area (Å²) < 4.78 is 26.2. The second-order valence-electron chi connectivity index (χ2n) is 5.59. The van der Waals surface area contributed by atoms with Gasteiger partial charge in [-0.05, 0) is 35.4 Å². The van der Waals surface area contributed by atoms with Crippen molar-refractivity contribution in [3.63, 3.8) is 0 Å². The van der Waals surface area contributed by atoms with Crippen molar-refractivity contribution in [2.24, 2.45) is 5.16 Å². The van der Waals surface area contributed by atoms with Gasteiger partial charge in [0.25, 0.3) is 0 Å². The summed E-state index contributed by atoms with van der Waals surface area (Å²) in [4.78, 5) is 0. The Morgan fingerprint density at radius 3 is 1.57 bits per heavy atom. The number of rotatable bonds is 2. The quantitative estimate of drug-likeness (QED) is 0.648. The van der Waals surface area contributed by atoms with E-state index in [0.29, 0.717) is 29.7 Å². The fourth-order valence-corrected chi connectivity index (χ4v) is 2.93. The first-order valence-corrected chi connectivity index (χ1v) is 7.26. The Kier molecular flexibility index (Phi) is 4.36. The highest BCUT2D eigenvalue weighted by Crippen LogP contribution is 2.39. The molecule has 3 rings (SSSR count). The fraction of sp³-hybridized carbons (Fsp3) is 0.235. The van der Waals surface area contributed by atoms with Gasteiger partial charge in [-0.2, -0.15) is 5.06 Å². The predicted molar refractivity (Wildman–Crippen MR) is 80.4 cm³/mol. The third kappa shape index (κ3) is 3.23. The fourth-order valence-electron chi connectivity index (χ4n) is 2.93. The number of benzene rings is 2. The van der Waals surface area contributed by atoms with Gasteiger partial charge in [-0.15, -0.1) is 0 Å². The molecule has 0 aromatic heterocycles. The molecule has 0 amide bonds. The van der Waals surface area contributed by atoms with E-state index < -0.39 is 12.1 Å². The molecule has 0 saturated carbocycles. The molecule has 0 radical (unpaired) electrons. The van der Waals surface area contributed by atoms with Gasteiger partial charge >= 0.3 is 0 Å². The van der Waals surface area contributed by atoms with E-state index in [4.69, 9.17) is 5.21 Å². The molecule has 0 aliphatic carbocycles. The average Bonchev–Trinajstić information content (AvgIpc) is 2.57. The summed E-state index contributed by atoms with van der Waals surface area (Å²) in [5.41, 5.74) is 1.95. The molecule has 1 aliphatic heterocycles. The van der Waals surface area contributed by atoms with E-state index in [1.165, 1.54) is 24.3 Å². The normalized spacial score (nSPS) is 22.1. The van der Waals surface area contributed by atoms with Crippen LogP contribution in [0, 0.1) is 11.6 Å². The molecule has 0 bridgehead atoms. The van der Waals surface area contributed by atoms with Crippen LogP contribution >= 0.6 is 0 Å². The maximum absolute atomic E-state index is 13.1. The Balaban J connectivity index is 1.94.